The third-order valence-corrected chi connectivity index (χ3v) is 24.0. The minimum absolute atomic E-state index is 1.22. The Morgan fingerprint density at radius 2 is 1.00 bits per heavy atom. The van der Waals surface area contributed by atoms with Gasteiger partial charge in [-0.2, -0.15) is 0 Å². The third-order valence-electron chi connectivity index (χ3n) is 3.00. The van der Waals surface area contributed by atoms with Gasteiger partial charge in [0.15, 0.2) is 0 Å². The van der Waals surface area contributed by atoms with E-state index in [0.717, 1.165) is 0 Å². The summed E-state index contributed by atoms with van der Waals surface area (Å²) in [5, 5.41) is 0. The van der Waals surface area contributed by atoms with E-state index in [9.17, 15) is 0 Å². The van der Waals surface area contributed by atoms with Gasteiger partial charge in [0.2, 0.25) is 0 Å². The first kappa shape index (κ1) is 16.9. The van der Waals surface area contributed by atoms with Crippen LogP contribution in [0, 0.1) is 11.8 Å². The van der Waals surface area contributed by atoms with Crippen molar-refractivity contribution in [2.45, 2.75) is 29.6 Å². The second-order valence-corrected chi connectivity index (χ2v) is 40.1. The quantitative estimate of drug-likeness (QED) is 0.413. The van der Waals surface area contributed by atoms with E-state index in [1.54, 1.807) is 5.79 Å². The van der Waals surface area contributed by atoms with Crippen molar-refractivity contribution in [2.75, 3.05) is 0 Å². The second-order valence-electron chi connectivity index (χ2n) is 7.08. The minimum atomic E-state index is -1.90. The molecule has 0 saturated carbocycles. The van der Waals surface area contributed by atoms with E-state index in [2.05, 4.69) is 65.7 Å². The summed E-state index contributed by atoms with van der Waals surface area (Å²) in [5.74, 6) is 6.71. The molecule has 0 nitrogen and oxygen atoms in total. The third kappa shape index (κ3) is 4.52. The molecular formula is C16H22S2Sn2. The van der Waals surface area contributed by atoms with E-state index in [1.165, 1.54) is 9.75 Å². The van der Waals surface area contributed by atoms with Crippen LogP contribution in [0.15, 0.2) is 24.3 Å². The summed E-state index contributed by atoms with van der Waals surface area (Å²) in [6.45, 7) is 0. The summed E-state index contributed by atoms with van der Waals surface area (Å²) in [6, 6.07) is 9.01. The van der Waals surface area contributed by atoms with Crippen molar-refractivity contribution in [1.82, 2.24) is 0 Å². The van der Waals surface area contributed by atoms with Gasteiger partial charge in [-0.1, -0.05) is 0 Å². The molecule has 0 saturated heterocycles. The van der Waals surface area contributed by atoms with Crippen molar-refractivity contribution in [1.29, 1.82) is 0 Å². The first-order valence-electron chi connectivity index (χ1n) is 6.89. The van der Waals surface area contributed by atoms with Crippen molar-refractivity contribution in [3.63, 3.8) is 0 Å². The summed E-state index contributed by atoms with van der Waals surface area (Å²) >= 11 is 0.0211. The van der Waals surface area contributed by atoms with Gasteiger partial charge in [0.25, 0.3) is 0 Å². The van der Waals surface area contributed by atoms with Gasteiger partial charge in [0.05, 0.1) is 0 Å². The van der Waals surface area contributed by atoms with Crippen molar-refractivity contribution in [2.24, 2.45) is 0 Å². The number of hydrogen-bond donors (Lipinski definition) is 0. The van der Waals surface area contributed by atoms with Gasteiger partial charge in [-0.05, 0) is 0 Å². The van der Waals surface area contributed by atoms with Crippen LogP contribution in [0.5, 0.6) is 0 Å². The predicted molar refractivity (Wildman–Crippen MR) is 101 cm³/mol. The summed E-state index contributed by atoms with van der Waals surface area (Å²) in [6.07, 6.45) is 0. The normalized spacial score (nSPS) is 12.1. The van der Waals surface area contributed by atoms with Crippen molar-refractivity contribution in [3.8, 4) is 11.8 Å². The summed E-state index contributed by atoms with van der Waals surface area (Å²) in [5.41, 5.74) is 0. The predicted octanol–water partition coefficient (Wildman–Crippen LogP) is 4.30. The van der Waals surface area contributed by atoms with Crippen LogP contribution in [0.25, 0.3) is 0 Å². The molecule has 0 radical (unpaired) electrons. The SMILES string of the molecule is [CH3][Sn]([CH3])([CH3])[c]1ccc(C#Cc2cc[c]([Sn]([CH3])([CH3])[CH3])s2)s1. The molecule has 0 fully saturated rings. The van der Waals surface area contributed by atoms with Gasteiger partial charge in [0.1, 0.15) is 0 Å². The summed E-state index contributed by atoms with van der Waals surface area (Å²) < 4.78 is 3.22. The van der Waals surface area contributed by atoms with Crippen LogP contribution in [0.3, 0.4) is 0 Å². The topological polar surface area (TPSA) is 0 Å². The molecule has 4 heteroatoms. The van der Waals surface area contributed by atoms with Gasteiger partial charge < -0.3 is 0 Å². The maximum absolute atomic E-state index is 3.35. The van der Waals surface area contributed by atoms with E-state index in [-0.39, 0.29) is 0 Å². The van der Waals surface area contributed by atoms with Crippen LogP contribution < -0.4 is 5.79 Å². The molecule has 0 aliphatic heterocycles. The molecule has 0 unspecified atom stereocenters. The van der Waals surface area contributed by atoms with Crippen LogP contribution in [0.4, 0.5) is 0 Å². The molecule has 0 bridgehead atoms. The van der Waals surface area contributed by atoms with E-state index in [1.807, 2.05) is 22.7 Å². The van der Waals surface area contributed by atoms with Crippen molar-refractivity contribution >= 4 is 65.2 Å². The van der Waals surface area contributed by atoms with Gasteiger partial charge >= 0.3 is 141 Å². The molecule has 2 heterocycles. The number of hydrogen-bond acceptors (Lipinski definition) is 2. The molecule has 0 aromatic carbocycles. The molecule has 2 aromatic heterocycles. The Hall–Kier alpha value is 0.557. The molecule has 0 spiro atoms. The van der Waals surface area contributed by atoms with Gasteiger partial charge in [-0.25, -0.2) is 0 Å². The first-order valence-corrected chi connectivity index (χ1v) is 28.5. The van der Waals surface area contributed by atoms with Gasteiger partial charge in [0, 0.05) is 0 Å². The zero-order valence-electron chi connectivity index (χ0n) is 13.1. The Morgan fingerprint density at radius 3 is 1.25 bits per heavy atom. The maximum atomic E-state index is 3.35. The van der Waals surface area contributed by atoms with Crippen LogP contribution in [-0.2, 0) is 0 Å². The molecule has 106 valence electrons. The Bertz CT molecular complexity index is 599. The Balaban J connectivity index is 2.19. The molecular weight excluding hydrogens is 494 g/mol. The molecule has 20 heavy (non-hydrogen) atoms. The molecule has 0 aliphatic carbocycles. The van der Waals surface area contributed by atoms with Crippen LogP contribution in [0.2, 0.25) is 29.6 Å². The first-order chi connectivity index (χ1) is 9.16. The molecule has 2 rings (SSSR count). The van der Waals surface area contributed by atoms with Gasteiger partial charge in [-0.3, -0.25) is 0 Å². The van der Waals surface area contributed by atoms with Crippen molar-refractivity contribution in [3.05, 3.63) is 34.0 Å². The molecule has 0 amide bonds. The van der Waals surface area contributed by atoms with E-state index < -0.39 is 36.8 Å². The summed E-state index contributed by atoms with van der Waals surface area (Å²) in [4.78, 5) is 17.2. The zero-order valence-corrected chi connectivity index (χ0v) is 20.5. The molecule has 0 N–H and O–H groups in total. The summed E-state index contributed by atoms with van der Waals surface area (Å²) in [7, 11) is 0. The van der Waals surface area contributed by atoms with Crippen LogP contribution in [-0.4, -0.2) is 36.8 Å². The second kappa shape index (κ2) is 6.35. The van der Waals surface area contributed by atoms with E-state index in [0.29, 0.717) is 0 Å². The van der Waals surface area contributed by atoms with Crippen LogP contribution in [0.1, 0.15) is 9.75 Å². The Labute approximate surface area is 139 Å². The van der Waals surface area contributed by atoms with E-state index >= 15 is 0 Å². The average Bonchev–Trinajstić information content (AvgIpc) is 2.94. The van der Waals surface area contributed by atoms with Crippen molar-refractivity contribution < 1.29 is 0 Å². The van der Waals surface area contributed by atoms with Crippen LogP contribution >= 0.6 is 22.7 Å². The number of rotatable bonds is 2. The van der Waals surface area contributed by atoms with E-state index in [4.69, 9.17) is 0 Å². The number of thiophene rings is 2. The zero-order chi connectivity index (χ0) is 15.0. The van der Waals surface area contributed by atoms with Gasteiger partial charge in [-0.15, -0.1) is 0 Å². The standard InChI is InChI=1S/C10H4S2.6CH3.2Sn/c1-3-9(11-7-1)5-6-10-4-2-8-12-10;;;;;;;;/h1-4H;6*1H3;;. The Morgan fingerprint density at radius 1 is 0.650 bits per heavy atom. The average molecular weight is 516 g/mol. The molecule has 0 atom stereocenters. The monoisotopic (exact) mass is 518 g/mol. The molecule has 2 aromatic rings. The Kier molecular flexibility index (Phi) is 5.38. The fraction of sp³-hybridized carbons (Fsp3) is 0.375. The fourth-order valence-electron chi connectivity index (χ4n) is 1.74. The fourth-order valence-corrected chi connectivity index (χ4v) is 14.0. The molecule has 0 aliphatic rings.